The van der Waals surface area contributed by atoms with Gasteiger partial charge in [-0.15, -0.1) is 0 Å². The SMILES string of the molecule is C=C1CC2CC[C@@H](CC(C)C[C@@H]3CCC4CC(=C)C[C@@H]4C3)C[C@H]2C1. The van der Waals surface area contributed by atoms with Crippen LogP contribution in [0.15, 0.2) is 24.3 Å². The van der Waals surface area contributed by atoms with Crippen LogP contribution in [-0.4, -0.2) is 0 Å². The van der Waals surface area contributed by atoms with Gasteiger partial charge in [0, 0.05) is 0 Å². The maximum absolute atomic E-state index is 4.27. The van der Waals surface area contributed by atoms with E-state index in [1.807, 2.05) is 0 Å². The van der Waals surface area contributed by atoms with Crippen molar-refractivity contribution >= 4 is 0 Å². The summed E-state index contributed by atoms with van der Waals surface area (Å²) in [5, 5.41) is 0. The van der Waals surface area contributed by atoms with E-state index in [4.69, 9.17) is 0 Å². The Hall–Kier alpha value is -0.520. The van der Waals surface area contributed by atoms with Crippen LogP contribution in [0, 0.1) is 41.4 Å². The maximum Gasteiger partial charge on any atom is -0.0292 e. The van der Waals surface area contributed by atoms with Crippen molar-refractivity contribution in [2.75, 3.05) is 0 Å². The van der Waals surface area contributed by atoms with E-state index in [1.165, 1.54) is 77.0 Å². The van der Waals surface area contributed by atoms with E-state index in [-0.39, 0.29) is 0 Å². The molecule has 4 aliphatic rings. The zero-order valence-corrected chi connectivity index (χ0v) is 15.9. The average molecular weight is 327 g/mol. The monoisotopic (exact) mass is 326 g/mol. The van der Waals surface area contributed by atoms with Gasteiger partial charge in [-0.3, -0.25) is 0 Å². The number of rotatable bonds is 4. The van der Waals surface area contributed by atoms with Gasteiger partial charge in [-0.25, -0.2) is 0 Å². The Labute approximate surface area is 150 Å². The van der Waals surface area contributed by atoms with E-state index in [0.29, 0.717) is 0 Å². The Morgan fingerprint density at radius 1 is 0.708 bits per heavy atom. The molecule has 0 amide bonds. The average Bonchev–Trinajstić information content (AvgIpc) is 3.06. The molecule has 24 heavy (non-hydrogen) atoms. The van der Waals surface area contributed by atoms with Gasteiger partial charge in [0.25, 0.3) is 0 Å². The third kappa shape index (κ3) is 3.68. The lowest BCUT2D eigenvalue weighted by Crippen LogP contribution is -2.24. The van der Waals surface area contributed by atoms with Gasteiger partial charge in [-0.2, -0.15) is 0 Å². The molecule has 4 aliphatic carbocycles. The first-order valence-corrected chi connectivity index (χ1v) is 10.9. The Kier molecular flexibility index (Phi) is 4.94. The fourth-order valence-corrected chi connectivity index (χ4v) is 7.20. The van der Waals surface area contributed by atoms with Crippen molar-refractivity contribution in [2.45, 2.75) is 84.0 Å². The molecule has 4 saturated carbocycles. The molecule has 0 bridgehead atoms. The second-order valence-electron chi connectivity index (χ2n) is 10.3. The van der Waals surface area contributed by atoms with Crippen LogP contribution in [0.5, 0.6) is 0 Å². The van der Waals surface area contributed by atoms with Gasteiger partial charge in [-0.05, 0) is 106 Å². The number of fused-ring (bicyclic) bond motifs is 2. The number of allylic oxidation sites excluding steroid dienone is 2. The van der Waals surface area contributed by atoms with Crippen LogP contribution in [0.2, 0.25) is 0 Å². The molecule has 2 unspecified atom stereocenters. The van der Waals surface area contributed by atoms with Gasteiger partial charge in [-0.1, -0.05) is 44.1 Å². The molecule has 0 spiro atoms. The molecular weight excluding hydrogens is 288 g/mol. The van der Waals surface area contributed by atoms with E-state index in [1.54, 1.807) is 11.1 Å². The zero-order chi connectivity index (χ0) is 16.7. The first-order chi connectivity index (χ1) is 11.6. The summed E-state index contributed by atoms with van der Waals surface area (Å²) in [6.45, 7) is 11.1. The molecular formula is C24H38. The van der Waals surface area contributed by atoms with E-state index in [0.717, 1.165) is 41.4 Å². The fraction of sp³-hybridized carbons (Fsp3) is 0.833. The van der Waals surface area contributed by atoms with Crippen molar-refractivity contribution in [1.29, 1.82) is 0 Å². The molecule has 0 heterocycles. The minimum absolute atomic E-state index is 0.947. The molecule has 6 atom stereocenters. The summed E-state index contributed by atoms with van der Waals surface area (Å²) in [5.41, 5.74) is 3.10. The van der Waals surface area contributed by atoms with Crippen LogP contribution in [0.25, 0.3) is 0 Å². The molecule has 0 aliphatic heterocycles. The Bertz CT molecular complexity index is 442. The second-order valence-corrected chi connectivity index (χ2v) is 10.3. The Morgan fingerprint density at radius 2 is 1.12 bits per heavy atom. The van der Waals surface area contributed by atoms with Gasteiger partial charge < -0.3 is 0 Å². The fourth-order valence-electron chi connectivity index (χ4n) is 7.20. The van der Waals surface area contributed by atoms with Crippen LogP contribution >= 0.6 is 0 Å². The van der Waals surface area contributed by atoms with Crippen LogP contribution < -0.4 is 0 Å². The lowest BCUT2D eigenvalue weighted by atomic mass is 9.70. The van der Waals surface area contributed by atoms with Gasteiger partial charge in [0.15, 0.2) is 0 Å². The van der Waals surface area contributed by atoms with Gasteiger partial charge in [0.05, 0.1) is 0 Å². The predicted molar refractivity (Wildman–Crippen MR) is 104 cm³/mol. The van der Waals surface area contributed by atoms with Crippen LogP contribution in [0.3, 0.4) is 0 Å². The van der Waals surface area contributed by atoms with Crippen molar-refractivity contribution in [1.82, 2.24) is 0 Å². The zero-order valence-electron chi connectivity index (χ0n) is 15.9. The first kappa shape index (κ1) is 16.9. The van der Waals surface area contributed by atoms with Crippen molar-refractivity contribution < 1.29 is 0 Å². The van der Waals surface area contributed by atoms with Crippen molar-refractivity contribution in [2.24, 2.45) is 41.4 Å². The third-order valence-electron chi connectivity index (χ3n) is 8.17. The van der Waals surface area contributed by atoms with E-state index in [2.05, 4.69) is 20.1 Å². The molecule has 0 aromatic rings. The molecule has 0 aromatic heterocycles. The van der Waals surface area contributed by atoms with Gasteiger partial charge in [0.2, 0.25) is 0 Å². The predicted octanol–water partition coefficient (Wildman–Crippen LogP) is 7.17. The third-order valence-corrected chi connectivity index (χ3v) is 8.17. The number of hydrogen-bond donors (Lipinski definition) is 0. The summed E-state index contributed by atoms with van der Waals surface area (Å²) >= 11 is 0. The maximum atomic E-state index is 4.27. The molecule has 0 nitrogen and oxygen atoms in total. The number of hydrogen-bond acceptors (Lipinski definition) is 0. The smallest absolute Gasteiger partial charge is 0.0292 e. The summed E-state index contributed by atoms with van der Waals surface area (Å²) in [6.07, 6.45) is 17.5. The highest BCUT2D eigenvalue weighted by Crippen LogP contribution is 2.49. The summed E-state index contributed by atoms with van der Waals surface area (Å²) in [5.74, 6) is 7.02. The lowest BCUT2D eigenvalue weighted by Gasteiger charge is -2.35. The van der Waals surface area contributed by atoms with Crippen LogP contribution in [-0.2, 0) is 0 Å². The van der Waals surface area contributed by atoms with Crippen molar-refractivity contribution in [3.05, 3.63) is 24.3 Å². The highest BCUT2D eigenvalue weighted by molar-refractivity contribution is 5.08. The molecule has 4 rings (SSSR count). The molecule has 134 valence electrons. The molecule has 0 radical (unpaired) electrons. The van der Waals surface area contributed by atoms with Crippen LogP contribution in [0.1, 0.15) is 84.0 Å². The molecule has 0 N–H and O–H groups in total. The van der Waals surface area contributed by atoms with E-state index >= 15 is 0 Å². The Balaban J connectivity index is 1.23. The first-order valence-electron chi connectivity index (χ1n) is 10.9. The summed E-state index contributed by atoms with van der Waals surface area (Å²) in [6, 6.07) is 0. The molecule has 0 aromatic carbocycles. The standard InChI is InChI=1S/C24H38/c1-16(8-19-4-6-21-10-17(2)12-23(21)14-19)9-20-5-7-22-11-18(3)13-24(22)15-20/h16,19-24H,2-15H2,1H3/t16?,19-,20-,21?,22?,23+,24+/m0/s1. The van der Waals surface area contributed by atoms with Crippen LogP contribution in [0.4, 0.5) is 0 Å². The van der Waals surface area contributed by atoms with E-state index < -0.39 is 0 Å². The van der Waals surface area contributed by atoms with E-state index in [9.17, 15) is 0 Å². The minimum Gasteiger partial charge on any atom is -0.0998 e. The van der Waals surface area contributed by atoms with Gasteiger partial charge >= 0.3 is 0 Å². The highest BCUT2D eigenvalue weighted by atomic mass is 14.4. The minimum atomic E-state index is 0.947. The highest BCUT2D eigenvalue weighted by Gasteiger charge is 2.37. The van der Waals surface area contributed by atoms with Crippen molar-refractivity contribution in [3.63, 3.8) is 0 Å². The topological polar surface area (TPSA) is 0 Å². The Morgan fingerprint density at radius 3 is 1.58 bits per heavy atom. The summed E-state index contributed by atoms with van der Waals surface area (Å²) in [7, 11) is 0. The van der Waals surface area contributed by atoms with Gasteiger partial charge in [0.1, 0.15) is 0 Å². The molecule has 4 fully saturated rings. The molecule has 0 heteroatoms. The largest absolute Gasteiger partial charge is 0.0998 e. The quantitative estimate of drug-likeness (QED) is 0.480. The molecule has 0 saturated heterocycles. The van der Waals surface area contributed by atoms with Crippen molar-refractivity contribution in [3.8, 4) is 0 Å². The second kappa shape index (κ2) is 7.00. The summed E-state index contributed by atoms with van der Waals surface area (Å²) in [4.78, 5) is 0. The summed E-state index contributed by atoms with van der Waals surface area (Å²) < 4.78 is 0. The lowest BCUT2D eigenvalue weighted by molar-refractivity contribution is 0.154. The normalized spacial score (nSPS) is 43.5.